The van der Waals surface area contributed by atoms with Gasteiger partial charge in [0, 0.05) is 17.8 Å². The first kappa shape index (κ1) is 21.5. The Morgan fingerprint density at radius 2 is 1.91 bits per heavy atom. The zero-order chi connectivity index (χ0) is 22.5. The zero-order valence-electron chi connectivity index (χ0n) is 17.8. The van der Waals surface area contributed by atoms with Gasteiger partial charge in [0.05, 0.1) is 18.8 Å². The van der Waals surface area contributed by atoms with Gasteiger partial charge in [-0.1, -0.05) is 5.21 Å². The molecule has 32 heavy (non-hydrogen) atoms. The second-order valence-corrected chi connectivity index (χ2v) is 9.28. The molecule has 2 saturated heterocycles. The molecule has 2 N–H and O–H groups in total. The zero-order valence-corrected chi connectivity index (χ0v) is 17.8. The molecule has 3 aliphatic heterocycles. The number of halogens is 3. The van der Waals surface area contributed by atoms with E-state index in [0.717, 1.165) is 56.7 Å². The van der Waals surface area contributed by atoms with E-state index in [1.54, 1.807) is 0 Å². The smallest absolute Gasteiger partial charge is 0.194 e. The van der Waals surface area contributed by atoms with Crippen LogP contribution in [0.3, 0.4) is 0 Å². The van der Waals surface area contributed by atoms with Crippen LogP contribution in [0, 0.1) is 22.9 Å². The van der Waals surface area contributed by atoms with Gasteiger partial charge in [0.25, 0.3) is 0 Å². The summed E-state index contributed by atoms with van der Waals surface area (Å²) in [6.45, 7) is 4.96. The van der Waals surface area contributed by atoms with Crippen molar-refractivity contribution in [2.75, 3.05) is 26.2 Å². The highest BCUT2D eigenvalue weighted by Gasteiger charge is 2.51. The first-order chi connectivity index (χ1) is 15.3. The molecule has 4 heterocycles. The molecule has 3 unspecified atom stereocenters. The van der Waals surface area contributed by atoms with Gasteiger partial charge in [-0.15, -0.1) is 5.10 Å². The maximum absolute atomic E-state index is 13.6. The molecule has 3 atom stereocenters. The van der Waals surface area contributed by atoms with E-state index in [-0.39, 0.29) is 16.7 Å². The molecule has 2 fully saturated rings. The molecule has 2 aromatic rings. The van der Waals surface area contributed by atoms with E-state index >= 15 is 0 Å². The summed E-state index contributed by atoms with van der Waals surface area (Å²) in [5, 5.41) is 22.8. The second-order valence-electron chi connectivity index (χ2n) is 9.28. The third-order valence-electron chi connectivity index (χ3n) is 7.26. The van der Waals surface area contributed by atoms with Crippen molar-refractivity contribution in [2.45, 2.75) is 50.4 Å². The standard InChI is InChI=1S/C22H26F3N5O2/c1-21(18-10-22(12-27-18)3-5-26-6-4-22)20(31)17(2-7-32-21)30-11-16(28-29-30)13-8-14(23)19(25)15(24)9-13/h8-9,11,17,20,26,31H,2-7,10,12H2,1H3. The Bertz CT molecular complexity index is 1030. The lowest BCUT2D eigenvalue weighted by Gasteiger charge is -2.44. The summed E-state index contributed by atoms with van der Waals surface area (Å²) >= 11 is 0. The fourth-order valence-corrected chi connectivity index (χ4v) is 5.16. The number of hydrogen-bond acceptors (Lipinski definition) is 6. The van der Waals surface area contributed by atoms with Gasteiger partial charge in [0.2, 0.25) is 0 Å². The first-order valence-electron chi connectivity index (χ1n) is 10.9. The van der Waals surface area contributed by atoms with E-state index in [1.165, 1.54) is 10.9 Å². The topological polar surface area (TPSA) is 84.6 Å². The number of rotatable bonds is 3. The Kier molecular flexibility index (Phi) is 5.34. The van der Waals surface area contributed by atoms with Crippen molar-refractivity contribution in [2.24, 2.45) is 10.4 Å². The van der Waals surface area contributed by atoms with Crippen LogP contribution in [-0.2, 0) is 4.74 Å². The number of aliphatic imine (C=N–C) groups is 1. The van der Waals surface area contributed by atoms with Crippen molar-refractivity contribution in [1.29, 1.82) is 0 Å². The van der Waals surface area contributed by atoms with Crippen LogP contribution in [0.2, 0.25) is 0 Å². The Labute approximate surface area is 183 Å². The Balaban J connectivity index is 1.38. The third-order valence-corrected chi connectivity index (χ3v) is 7.26. The lowest BCUT2D eigenvalue weighted by molar-refractivity contribution is -0.129. The van der Waals surface area contributed by atoms with Crippen LogP contribution in [0.5, 0.6) is 0 Å². The maximum Gasteiger partial charge on any atom is 0.194 e. The van der Waals surface area contributed by atoms with Crippen molar-refractivity contribution < 1.29 is 23.0 Å². The minimum Gasteiger partial charge on any atom is -0.387 e. The molecule has 0 bridgehead atoms. The lowest BCUT2D eigenvalue weighted by atomic mass is 9.73. The third kappa shape index (κ3) is 3.54. The van der Waals surface area contributed by atoms with E-state index in [1.807, 2.05) is 6.92 Å². The SMILES string of the molecule is CC1(C2=NCC3(CCNCC3)C2)OCCC(n2cc(-c3cc(F)c(F)c(F)c3)nn2)C1O. The molecule has 1 spiro atoms. The Morgan fingerprint density at radius 3 is 2.62 bits per heavy atom. The number of hydrogen-bond donors (Lipinski definition) is 2. The summed E-state index contributed by atoms with van der Waals surface area (Å²) in [4.78, 5) is 4.81. The molecule has 0 amide bonds. The van der Waals surface area contributed by atoms with Crippen LogP contribution in [-0.4, -0.2) is 63.8 Å². The molecule has 0 saturated carbocycles. The quantitative estimate of drug-likeness (QED) is 0.704. The summed E-state index contributed by atoms with van der Waals surface area (Å²) < 4.78 is 48.1. The van der Waals surface area contributed by atoms with Crippen molar-refractivity contribution in [3.05, 3.63) is 35.8 Å². The van der Waals surface area contributed by atoms with Gasteiger partial charge in [0.15, 0.2) is 17.5 Å². The van der Waals surface area contributed by atoms with Crippen LogP contribution in [0.15, 0.2) is 23.3 Å². The maximum atomic E-state index is 13.6. The molecule has 0 radical (unpaired) electrons. The number of piperidine rings is 1. The number of nitrogens with one attached hydrogen (secondary N) is 1. The van der Waals surface area contributed by atoms with Crippen molar-refractivity contribution in [1.82, 2.24) is 20.3 Å². The van der Waals surface area contributed by atoms with Crippen LogP contribution in [0.1, 0.15) is 38.6 Å². The van der Waals surface area contributed by atoms with Crippen LogP contribution < -0.4 is 5.32 Å². The van der Waals surface area contributed by atoms with Gasteiger partial charge in [-0.3, -0.25) is 4.99 Å². The van der Waals surface area contributed by atoms with E-state index in [9.17, 15) is 18.3 Å². The lowest BCUT2D eigenvalue weighted by Crippen LogP contribution is -2.56. The van der Waals surface area contributed by atoms with Gasteiger partial charge < -0.3 is 15.2 Å². The minimum atomic E-state index is -1.53. The van der Waals surface area contributed by atoms with E-state index in [2.05, 4.69) is 15.6 Å². The molecular weight excluding hydrogens is 423 g/mol. The summed E-state index contributed by atoms with van der Waals surface area (Å²) in [6, 6.07) is 1.31. The normalized spacial score (nSPS) is 30.0. The van der Waals surface area contributed by atoms with Gasteiger partial charge in [-0.05, 0) is 63.2 Å². The molecule has 172 valence electrons. The fourth-order valence-electron chi connectivity index (χ4n) is 5.16. The predicted molar refractivity (Wildman–Crippen MR) is 111 cm³/mol. The largest absolute Gasteiger partial charge is 0.387 e. The summed E-state index contributed by atoms with van der Waals surface area (Å²) in [5.74, 6) is -4.11. The second kappa shape index (κ2) is 7.93. The molecule has 10 heteroatoms. The van der Waals surface area contributed by atoms with Crippen molar-refractivity contribution in [3.8, 4) is 11.3 Å². The van der Waals surface area contributed by atoms with Gasteiger partial charge in [0.1, 0.15) is 17.4 Å². The number of aromatic nitrogens is 3. The first-order valence-corrected chi connectivity index (χ1v) is 10.9. The van der Waals surface area contributed by atoms with Crippen LogP contribution >= 0.6 is 0 Å². The van der Waals surface area contributed by atoms with E-state index in [4.69, 9.17) is 9.73 Å². The van der Waals surface area contributed by atoms with Crippen molar-refractivity contribution >= 4 is 5.71 Å². The molecule has 7 nitrogen and oxygen atoms in total. The Hall–Kier alpha value is -2.30. The average Bonchev–Trinajstić information content (AvgIpc) is 3.43. The number of ether oxygens (including phenoxy) is 1. The minimum absolute atomic E-state index is 0.0741. The van der Waals surface area contributed by atoms with Crippen LogP contribution in [0.25, 0.3) is 11.3 Å². The number of aliphatic hydroxyl groups is 1. The molecule has 1 aromatic carbocycles. The highest BCUT2D eigenvalue weighted by Crippen LogP contribution is 2.44. The molecule has 3 aliphatic rings. The van der Waals surface area contributed by atoms with E-state index in [0.29, 0.717) is 13.0 Å². The van der Waals surface area contributed by atoms with Gasteiger partial charge >= 0.3 is 0 Å². The number of nitrogens with zero attached hydrogens (tertiary/aromatic N) is 4. The Morgan fingerprint density at radius 1 is 1.19 bits per heavy atom. The van der Waals surface area contributed by atoms with E-state index < -0.39 is 35.2 Å². The summed E-state index contributed by atoms with van der Waals surface area (Å²) in [5.41, 5.74) is 0.327. The predicted octanol–water partition coefficient (Wildman–Crippen LogP) is 2.66. The molecule has 1 aromatic heterocycles. The summed E-state index contributed by atoms with van der Waals surface area (Å²) in [7, 11) is 0. The monoisotopic (exact) mass is 449 g/mol. The molecular formula is C22H26F3N5O2. The average molecular weight is 449 g/mol. The number of benzene rings is 1. The van der Waals surface area contributed by atoms with Crippen LogP contribution in [0.4, 0.5) is 13.2 Å². The number of aliphatic hydroxyl groups excluding tert-OH is 1. The van der Waals surface area contributed by atoms with Gasteiger partial charge in [-0.25, -0.2) is 17.9 Å². The van der Waals surface area contributed by atoms with Crippen molar-refractivity contribution in [3.63, 3.8) is 0 Å². The van der Waals surface area contributed by atoms with Gasteiger partial charge in [-0.2, -0.15) is 0 Å². The highest BCUT2D eigenvalue weighted by molar-refractivity contribution is 5.95. The highest BCUT2D eigenvalue weighted by atomic mass is 19.2. The molecule has 0 aliphatic carbocycles. The molecule has 5 rings (SSSR count). The summed E-state index contributed by atoms with van der Waals surface area (Å²) in [6.07, 6.45) is 3.97. The fraction of sp³-hybridized carbons (Fsp3) is 0.591.